The Balaban J connectivity index is 1.81. The largest absolute Gasteiger partial charge is 0.573 e. The second-order valence-corrected chi connectivity index (χ2v) is 6.96. The molecule has 1 heterocycles. The van der Waals surface area contributed by atoms with Gasteiger partial charge in [0.25, 0.3) is 0 Å². The Morgan fingerprint density at radius 1 is 1.26 bits per heavy atom. The van der Waals surface area contributed by atoms with E-state index in [0.717, 1.165) is 12.1 Å². The van der Waals surface area contributed by atoms with E-state index >= 15 is 0 Å². The minimum atomic E-state index is -4.75. The Hall–Kier alpha value is -2.65. The summed E-state index contributed by atoms with van der Waals surface area (Å²) in [5, 5.41) is 13.2. The number of halogens is 3. The molecule has 1 N–H and O–H groups in total. The highest BCUT2D eigenvalue weighted by Crippen LogP contribution is 2.25. The highest BCUT2D eigenvalue weighted by molar-refractivity contribution is 5.89. The van der Waals surface area contributed by atoms with Crippen molar-refractivity contribution >= 4 is 11.8 Å². The zero-order chi connectivity index (χ0) is 20.2. The van der Waals surface area contributed by atoms with Gasteiger partial charge in [-0.1, -0.05) is 5.16 Å². The normalized spacial score (nSPS) is 17.1. The first kappa shape index (κ1) is 20.7. The van der Waals surface area contributed by atoms with Gasteiger partial charge in [0.1, 0.15) is 18.1 Å². The maximum atomic E-state index is 12.1. The van der Waals surface area contributed by atoms with Gasteiger partial charge >= 0.3 is 12.5 Å². The third-order valence-corrected chi connectivity index (χ3v) is 3.67. The third kappa shape index (κ3) is 6.54. The summed E-state index contributed by atoms with van der Waals surface area (Å²) in [4.78, 5) is 17.9. The monoisotopic (exact) mass is 390 g/mol. The molecule has 150 valence electrons. The summed E-state index contributed by atoms with van der Waals surface area (Å²) in [6.07, 6.45) is -5.80. The maximum Gasteiger partial charge on any atom is 0.573 e. The van der Waals surface area contributed by atoms with Crippen LogP contribution < -0.4 is 9.47 Å². The van der Waals surface area contributed by atoms with Crippen LogP contribution in [0, 0.1) is 0 Å². The lowest BCUT2D eigenvalue weighted by molar-refractivity contribution is -0.274. The summed E-state index contributed by atoms with van der Waals surface area (Å²) in [5.41, 5.74) is -0.00162. The molecule has 27 heavy (non-hydrogen) atoms. The summed E-state index contributed by atoms with van der Waals surface area (Å²) in [7, 11) is 0. The molecule has 7 nitrogen and oxygen atoms in total. The predicted octanol–water partition coefficient (Wildman–Crippen LogP) is 3.89. The molecule has 0 saturated heterocycles. The molecular formula is C17H21F3N2O5. The van der Waals surface area contributed by atoms with Crippen molar-refractivity contribution in [2.24, 2.45) is 5.16 Å². The number of oxime groups is 1. The molecule has 0 fully saturated rings. The van der Waals surface area contributed by atoms with Crippen LogP contribution in [0.25, 0.3) is 0 Å². The average molecular weight is 390 g/mol. The quantitative estimate of drug-likeness (QED) is 0.797. The molecule has 0 saturated carbocycles. The zero-order valence-corrected chi connectivity index (χ0v) is 15.1. The average Bonchev–Trinajstić information content (AvgIpc) is 2.97. The first-order chi connectivity index (χ1) is 12.4. The molecule has 0 radical (unpaired) electrons. The molecule has 2 rings (SSSR count). The van der Waals surface area contributed by atoms with Crippen LogP contribution in [0.15, 0.2) is 29.4 Å². The van der Waals surface area contributed by atoms with Crippen molar-refractivity contribution in [3.63, 3.8) is 0 Å². The highest BCUT2D eigenvalue weighted by atomic mass is 19.4. The Kier molecular flexibility index (Phi) is 6.07. The van der Waals surface area contributed by atoms with Crippen LogP contribution >= 0.6 is 0 Å². The fourth-order valence-electron chi connectivity index (χ4n) is 2.37. The van der Waals surface area contributed by atoms with Gasteiger partial charge in [0.15, 0.2) is 6.10 Å². The molecular weight excluding hydrogens is 369 g/mol. The van der Waals surface area contributed by atoms with E-state index in [0.29, 0.717) is 17.9 Å². The minimum Gasteiger partial charge on any atom is -0.490 e. The fourth-order valence-corrected chi connectivity index (χ4v) is 2.37. The van der Waals surface area contributed by atoms with Gasteiger partial charge in [-0.25, -0.2) is 4.79 Å². The molecule has 1 atom stereocenters. The van der Waals surface area contributed by atoms with E-state index in [9.17, 15) is 23.1 Å². The Morgan fingerprint density at radius 3 is 2.37 bits per heavy atom. The number of carboxylic acid groups (broad SMARTS) is 1. The zero-order valence-electron chi connectivity index (χ0n) is 15.1. The van der Waals surface area contributed by atoms with Crippen molar-refractivity contribution in [3.05, 3.63) is 24.3 Å². The van der Waals surface area contributed by atoms with Crippen LogP contribution in [-0.2, 0) is 4.84 Å². The van der Waals surface area contributed by atoms with E-state index in [2.05, 4.69) is 9.89 Å². The number of alkyl halides is 3. The lowest BCUT2D eigenvalue weighted by Crippen LogP contribution is -2.47. The van der Waals surface area contributed by atoms with Gasteiger partial charge in [-0.15, -0.1) is 13.2 Å². The molecule has 0 bridgehead atoms. The number of benzene rings is 1. The van der Waals surface area contributed by atoms with Crippen molar-refractivity contribution in [1.29, 1.82) is 0 Å². The fraction of sp³-hybridized carbons (Fsp3) is 0.529. The van der Waals surface area contributed by atoms with Crippen LogP contribution in [-0.4, -0.2) is 53.0 Å². The standard InChI is InChI=1S/C17H21F3N2O5/c1-16(2,3)22(15(23)24)9-11-8-14(27-21-11)10-25-12-4-6-13(7-5-12)26-17(18,19)20/h4-7,14H,8-10H2,1-3H3,(H,23,24). The molecule has 1 amide bonds. The third-order valence-electron chi connectivity index (χ3n) is 3.67. The summed E-state index contributed by atoms with van der Waals surface area (Å²) in [6.45, 7) is 5.59. The van der Waals surface area contributed by atoms with Crippen molar-refractivity contribution in [2.75, 3.05) is 13.2 Å². The topological polar surface area (TPSA) is 80.6 Å². The lowest BCUT2D eigenvalue weighted by Gasteiger charge is -2.32. The number of carbonyl (C=O) groups is 1. The van der Waals surface area contributed by atoms with Crippen LogP contribution in [0.5, 0.6) is 11.5 Å². The Morgan fingerprint density at radius 2 is 1.85 bits per heavy atom. The molecule has 1 aromatic carbocycles. The molecule has 1 unspecified atom stereocenters. The lowest BCUT2D eigenvalue weighted by atomic mass is 10.1. The number of ether oxygens (including phenoxy) is 2. The SMILES string of the molecule is CC(C)(C)N(CC1=NOC(COc2ccc(OC(F)(F)F)cc2)C1)C(=O)O. The van der Waals surface area contributed by atoms with Gasteiger partial charge in [0.2, 0.25) is 0 Å². The molecule has 10 heteroatoms. The Labute approximate surface area is 154 Å². The van der Waals surface area contributed by atoms with E-state index in [-0.39, 0.29) is 18.9 Å². The predicted molar refractivity (Wildman–Crippen MR) is 90.0 cm³/mol. The van der Waals surface area contributed by atoms with E-state index in [1.165, 1.54) is 17.0 Å². The maximum absolute atomic E-state index is 12.1. The molecule has 1 aliphatic heterocycles. The van der Waals surface area contributed by atoms with Crippen LogP contribution in [0.1, 0.15) is 27.2 Å². The van der Waals surface area contributed by atoms with E-state index < -0.39 is 24.1 Å². The first-order valence-corrected chi connectivity index (χ1v) is 8.15. The number of nitrogens with zero attached hydrogens (tertiary/aromatic N) is 2. The summed E-state index contributed by atoms with van der Waals surface area (Å²) in [6, 6.07) is 5.00. The number of hydrogen-bond acceptors (Lipinski definition) is 5. The van der Waals surface area contributed by atoms with E-state index in [1.807, 2.05) is 0 Å². The second-order valence-electron chi connectivity index (χ2n) is 6.96. The summed E-state index contributed by atoms with van der Waals surface area (Å²) >= 11 is 0. The van der Waals surface area contributed by atoms with Crippen LogP contribution in [0.2, 0.25) is 0 Å². The van der Waals surface area contributed by atoms with Gasteiger partial charge in [0, 0.05) is 12.0 Å². The van der Waals surface area contributed by atoms with Crippen LogP contribution in [0.4, 0.5) is 18.0 Å². The van der Waals surface area contributed by atoms with Crippen molar-refractivity contribution in [2.45, 2.75) is 45.2 Å². The molecule has 0 spiro atoms. The van der Waals surface area contributed by atoms with Gasteiger partial charge in [0.05, 0.1) is 12.3 Å². The van der Waals surface area contributed by atoms with Crippen molar-refractivity contribution in [3.8, 4) is 11.5 Å². The van der Waals surface area contributed by atoms with E-state index in [1.54, 1.807) is 20.8 Å². The summed E-state index contributed by atoms with van der Waals surface area (Å²) < 4.78 is 45.6. The van der Waals surface area contributed by atoms with E-state index in [4.69, 9.17) is 9.57 Å². The smallest absolute Gasteiger partial charge is 0.490 e. The number of amides is 1. The van der Waals surface area contributed by atoms with Gasteiger partial charge in [-0.3, -0.25) is 4.90 Å². The molecule has 0 aliphatic carbocycles. The van der Waals surface area contributed by atoms with Crippen molar-refractivity contribution < 1.29 is 37.4 Å². The van der Waals surface area contributed by atoms with Gasteiger partial charge in [-0.05, 0) is 45.0 Å². The molecule has 0 aromatic heterocycles. The van der Waals surface area contributed by atoms with Crippen LogP contribution in [0.3, 0.4) is 0 Å². The minimum absolute atomic E-state index is 0.120. The number of hydrogen-bond donors (Lipinski definition) is 1. The molecule has 1 aromatic rings. The number of rotatable bonds is 6. The van der Waals surface area contributed by atoms with Gasteiger partial charge in [-0.2, -0.15) is 0 Å². The summed E-state index contributed by atoms with van der Waals surface area (Å²) in [5.74, 6) is 0.0111. The van der Waals surface area contributed by atoms with Crippen molar-refractivity contribution in [1.82, 2.24) is 4.90 Å². The highest BCUT2D eigenvalue weighted by Gasteiger charge is 2.32. The Bertz CT molecular complexity index is 683. The first-order valence-electron chi connectivity index (χ1n) is 8.15. The second kappa shape index (κ2) is 7.93. The molecule has 1 aliphatic rings. The van der Waals surface area contributed by atoms with Gasteiger partial charge < -0.3 is 19.4 Å².